The predicted octanol–water partition coefficient (Wildman–Crippen LogP) is 6.36. The molecule has 3 saturated carbocycles. The molecule has 2 bridgehead atoms. The Hall–Kier alpha value is -3.49. The molecule has 2 aliphatic heterocycles. The normalized spacial score (nSPS) is 23.7. The fourth-order valence-corrected chi connectivity index (χ4v) is 9.22. The van der Waals surface area contributed by atoms with Crippen LogP contribution in [0.3, 0.4) is 0 Å². The van der Waals surface area contributed by atoms with Gasteiger partial charge in [0.05, 0.1) is 20.5 Å². The number of thiazole rings is 1. The van der Waals surface area contributed by atoms with Gasteiger partial charge in [-0.05, 0) is 76.1 Å². The van der Waals surface area contributed by atoms with Crippen LogP contribution in [0.15, 0.2) is 47.0 Å². The number of nitrogens with one attached hydrogen (secondary N) is 2. The van der Waals surface area contributed by atoms with Crippen molar-refractivity contribution in [3.05, 3.63) is 64.9 Å². The Kier molecular flexibility index (Phi) is 6.83. The molecule has 9 rings (SSSR count). The average molecular weight is 672 g/mol. The predicted molar refractivity (Wildman–Crippen MR) is 167 cm³/mol. The number of amides is 1. The third kappa shape index (κ3) is 5.18. The zero-order valence-corrected chi connectivity index (χ0v) is 26.6. The van der Waals surface area contributed by atoms with Gasteiger partial charge in [0, 0.05) is 47.3 Å². The van der Waals surface area contributed by atoms with Gasteiger partial charge in [-0.1, -0.05) is 34.7 Å². The number of carbonyl (C=O) groups excluding carboxylic acids is 1. The molecular weight excluding hydrogens is 640 g/mol. The minimum absolute atomic E-state index is 0.0374. The molecule has 14 heteroatoms. The van der Waals surface area contributed by atoms with E-state index in [0.29, 0.717) is 30.7 Å². The monoisotopic (exact) mass is 671 g/mol. The maximum absolute atomic E-state index is 13.8. The van der Waals surface area contributed by atoms with Crippen LogP contribution in [0.25, 0.3) is 21.5 Å². The molecule has 0 radical (unpaired) electrons. The molecule has 3 aliphatic carbocycles. The first-order valence-electron chi connectivity index (χ1n) is 15.5. The van der Waals surface area contributed by atoms with Gasteiger partial charge in [-0.3, -0.25) is 4.79 Å². The summed E-state index contributed by atoms with van der Waals surface area (Å²) < 4.78 is 74.4. The summed E-state index contributed by atoms with van der Waals surface area (Å²) in [5.74, 6) is 0.245. The van der Waals surface area contributed by atoms with Crippen LogP contribution in [0.1, 0.15) is 85.0 Å². The van der Waals surface area contributed by atoms with E-state index in [2.05, 4.69) is 20.1 Å². The van der Waals surface area contributed by atoms with Gasteiger partial charge in [-0.25, -0.2) is 18.1 Å². The largest absolute Gasteiger partial charge is 0.417 e. The van der Waals surface area contributed by atoms with Crippen molar-refractivity contribution in [3.8, 4) is 11.3 Å². The van der Waals surface area contributed by atoms with Crippen molar-refractivity contribution in [1.82, 2.24) is 20.2 Å². The first kappa shape index (κ1) is 29.9. The van der Waals surface area contributed by atoms with Crippen LogP contribution < -0.4 is 14.9 Å². The second kappa shape index (κ2) is 10.5. The van der Waals surface area contributed by atoms with Crippen LogP contribution >= 0.6 is 11.3 Å². The lowest BCUT2D eigenvalue weighted by Crippen LogP contribution is -2.64. The molecule has 46 heavy (non-hydrogen) atoms. The first-order chi connectivity index (χ1) is 21.9. The Bertz CT molecular complexity index is 1950. The van der Waals surface area contributed by atoms with Crippen molar-refractivity contribution in [1.29, 1.82) is 0 Å². The van der Waals surface area contributed by atoms with Crippen molar-refractivity contribution in [3.63, 3.8) is 0 Å². The lowest BCUT2D eigenvalue weighted by atomic mass is 9.77. The van der Waals surface area contributed by atoms with E-state index in [1.807, 2.05) is 0 Å². The Balaban J connectivity index is 0.956. The van der Waals surface area contributed by atoms with Crippen molar-refractivity contribution in [2.24, 2.45) is 0 Å². The fraction of sp³-hybridized carbons (Fsp3) is 0.469. The zero-order chi connectivity index (χ0) is 32.0. The molecule has 242 valence electrons. The van der Waals surface area contributed by atoms with Crippen LogP contribution in [-0.4, -0.2) is 47.3 Å². The van der Waals surface area contributed by atoms with E-state index in [1.165, 1.54) is 23.5 Å². The molecule has 2 atom stereocenters. The molecule has 2 N–H and O–H groups in total. The first-order valence-corrected chi connectivity index (χ1v) is 17.8. The van der Waals surface area contributed by atoms with E-state index >= 15 is 0 Å². The number of hydrogen-bond donors (Lipinski definition) is 2. The highest BCUT2D eigenvalue weighted by Crippen LogP contribution is 2.47. The number of halogens is 3. The summed E-state index contributed by atoms with van der Waals surface area (Å²) in [6, 6.07) is 11.3. The van der Waals surface area contributed by atoms with Crippen LogP contribution in [0.2, 0.25) is 0 Å². The molecule has 2 unspecified atom stereocenters. The molecule has 2 saturated heterocycles. The van der Waals surface area contributed by atoms with Gasteiger partial charge in [0.2, 0.25) is 10.0 Å². The number of piperidine rings is 1. The van der Waals surface area contributed by atoms with Crippen molar-refractivity contribution in [2.75, 3.05) is 4.90 Å². The van der Waals surface area contributed by atoms with Gasteiger partial charge in [-0.2, -0.15) is 13.2 Å². The molecule has 2 aromatic heterocycles. The summed E-state index contributed by atoms with van der Waals surface area (Å²) in [6.07, 6.45) is 1.21. The van der Waals surface area contributed by atoms with Gasteiger partial charge in [-0.15, -0.1) is 0 Å². The van der Waals surface area contributed by atoms with E-state index in [9.17, 15) is 26.4 Å². The van der Waals surface area contributed by atoms with Gasteiger partial charge < -0.3 is 14.7 Å². The smallest absolute Gasteiger partial charge is 0.360 e. The molecule has 2 aromatic carbocycles. The molecule has 5 fully saturated rings. The third-order valence-corrected chi connectivity index (χ3v) is 13.1. The van der Waals surface area contributed by atoms with Crippen LogP contribution in [0.5, 0.6) is 0 Å². The quantitative estimate of drug-likeness (QED) is 0.211. The minimum Gasteiger partial charge on any atom is -0.360 e. The van der Waals surface area contributed by atoms with Crippen LogP contribution in [0, 0.1) is 0 Å². The topological polar surface area (TPSA) is 117 Å². The molecular formula is C32H32F3N5O4S2. The highest BCUT2D eigenvalue weighted by atomic mass is 32.2. The number of sulfonamides is 1. The van der Waals surface area contributed by atoms with Crippen molar-refractivity contribution < 1.29 is 30.9 Å². The Morgan fingerprint density at radius 3 is 2.54 bits per heavy atom. The van der Waals surface area contributed by atoms with Gasteiger partial charge in [0.15, 0.2) is 5.13 Å². The maximum atomic E-state index is 13.8. The molecule has 5 aliphatic rings. The lowest BCUT2D eigenvalue weighted by molar-refractivity contribution is -0.137. The third-order valence-electron chi connectivity index (χ3n) is 9.96. The molecule has 1 amide bonds. The number of nitrogens with zero attached hydrogens (tertiary/aromatic N) is 3. The molecule has 4 heterocycles. The van der Waals surface area contributed by atoms with E-state index < -0.39 is 32.4 Å². The summed E-state index contributed by atoms with van der Waals surface area (Å²) in [4.78, 5) is 19.9. The number of fused-ring (bicyclic) bond motifs is 3. The maximum Gasteiger partial charge on any atom is 0.417 e. The number of anilines is 1. The fourth-order valence-electron chi connectivity index (χ4n) is 6.82. The Labute approximate surface area is 267 Å². The second-order valence-electron chi connectivity index (χ2n) is 13.3. The van der Waals surface area contributed by atoms with E-state index in [4.69, 9.17) is 9.51 Å². The standard InChI is InChI=1S/C32H32F3N5O4S2/c1-31(10-11-31)46(42,43)39-29(41)18-8-9-25-26(12-18)45-30(37-25)40-20-13-19(14-21(40)15-20)36-16-23-27(38-44-28(23)17-6-7-17)22-4-2-3-5-24(22)32(33,34)35/h2-5,8-9,12,17,19-21,36H,6-7,10-11,13-16H2,1H3,(H,39,41). The van der Waals surface area contributed by atoms with E-state index in [1.54, 1.807) is 31.2 Å². The molecule has 9 nitrogen and oxygen atoms in total. The Morgan fingerprint density at radius 1 is 1.11 bits per heavy atom. The van der Waals surface area contributed by atoms with Crippen LogP contribution in [-0.2, 0) is 22.7 Å². The summed E-state index contributed by atoms with van der Waals surface area (Å²) in [7, 11) is -3.73. The van der Waals surface area contributed by atoms with Gasteiger partial charge >= 0.3 is 6.18 Å². The summed E-state index contributed by atoms with van der Waals surface area (Å²) in [5.41, 5.74) is 1.31. The van der Waals surface area contributed by atoms with Crippen molar-refractivity contribution in [2.45, 2.75) is 93.4 Å². The number of carbonyl (C=O) groups is 1. The van der Waals surface area contributed by atoms with E-state index in [-0.39, 0.29) is 40.9 Å². The number of rotatable bonds is 9. The highest BCUT2D eigenvalue weighted by Gasteiger charge is 2.51. The lowest BCUT2D eigenvalue weighted by Gasteiger charge is -2.55. The summed E-state index contributed by atoms with van der Waals surface area (Å²) in [5, 5.41) is 8.62. The number of alkyl halides is 3. The summed E-state index contributed by atoms with van der Waals surface area (Å²) in [6.45, 7) is 2.02. The number of hydrogen-bond acceptors (Lipinski definition) is 9. The molecule has 0 spiro atoms. The van der Waals surface area contributed by atoms with Gasteiger partial charge in [0.25, 0.3) is 5.91 Å². The average Bonchev–Trinajstić information content (AvgIpc) is 3.92. The highest BCUT2D eigenvalue weighted by molar-refractivity contribution is 7.91. The number of benzene rings is 2. The molecule has 4 aromatic rings. The van der Waals surface area contributed by atoms with Gasteiger partial charge in [0.1, 0.15) is 11.5 Å². The van der Waals surface area contributed by atoms with Crippen LogP contribution in [0.4, 0.5) is 18.3 Å². The SMILES string of the molecule is CC1(S(=O)(=O)NC(=O)c2ccc3nc(N4C5CC(NCc6c(-c7ccccc7C(F)(F)F)noc6C6CC6)CC4C5)sc3c2)CC1. The van der Waals surface area contributed by atoms with Crippen molar-refractivity contribution >= 4 is 42.6 Å². The zero-order valence-electron chi connectivity index (χ0n) is 24.9. The number of aromatic nitrogens is 2. The second-order valence-corrected chi connectivity index (χ2v) is 16.5. The minimum atomic E-state index is -4.50. The van der Waals surface area contributed by atoms with E-state index in [0.717, 1.165) is 53.5 Å². The Morgan fingerprint density at radius 2 is 1.85 bits per heavy atom. The summed E-state index contributed by atoms with van der Waals surface area (Å²) >= 11 is 1.49.